The van der Waals surface area contributed by atoms with Crippen LogP contribution in [0.5, 0.6) is 0 Å². The third-order valence-corrected chi connectivity index (χ3v) is 8.30. The first-order valence-corrected chi connectivity index (χ1v) is 10.3. The van der Waals surface area contributed by atoms with E-state index in [1.165, 1.54) is 0 Å². The van der Waals surface area contributed by atoms with Crippen molar-refractivity contribution in [1.82, 2.24) is 4.90 Å². The number of hydrogen-bond donors (Lipinski definition) is 0. The van der Waals surface area contributed by atoms with Crippen molar-refractivity contribution in [3.05, 3.63) is 35.9 Å². The van der Waals surface area contributed by atoms with Gasteiger partial charge in [-0.25, -0.2) is 4.90 Å². The maximum atomic E-state index is 13.1. The minimum Gasteiger partial charge on any atom is -0.460 e. The van der Waals surface area contributed by atoms with Gasteiger partial charge in [0.2, 0.25) is 0 Å². The van der Waals surface area contributed by atoms with Crippen LogP contribution in [0.3, 0.4) is 0 Å². The first-order chi connectivity index (χ1) is 12.6. The van der Waals surface area contributed by atoms with Crippen LogP contribution in [0.15, 0.2) is 30.3 Å². The Hall–Kier alpha value is -1.37. The maximum Gasteiger partial charge on any atom is 0.324 e. The average molecular weight is 373 g/mol. The highest BCUT2D eigenvalue weighted by Crippen LogP contribution is 2.60. The third kappa shape index (κ3) is 2.31. The van der Waals surface area contributed by atoms with Crippen molar-refractivity contribution in [1.29, 1.82) is 0 Å². The molecule has 3 aliphatic heterocycles. The molecule has 5 rings (SSSR count). The van der Waals surface area contributed by atoms with Gasteiger partial charge in [0.25, 0.3) is 0 Å². The van der Waals surface area contributed by atoms with Gasteiger partial charge < -0.3 is 9.47 Å². The monoisotopic (exact) mass is 373 g/mol. The molecular formula is C20H23NO4S. The van der Waals surface area contributed by atoms with E-state index in [4.69, 9.17) is 9.47 Å². The van der Waals surface area contributed by atoms with Crippen molar-refractivity contribution >= 4 is 23.5 Å². The second-order valence-corrected chi connectivity index (χ2v) is 9.17. The highest BCUT2D eigenvalue weighted by atomic mass is 32.2. The Balaban J connectivity index is 1.42. The van der Waals surface area contributed by atoms with Crippen LogP contribution in [0.2, 0.25) is 0 Å². The topological polar surface area (TPSA) is 55.8 Å². The molecule has 0 spiro atoms. The van der Waals surface area contributed by atoms with E-state index >= 15 is 0 Å². The fourth-order valence-corrected chi connectivity index (χ4v) is 7.28. The van der Waals surface area contributed by atoms with Gasteiger partial charge in [-0.1, -0.05) is 30.3 Å². The Kier molecular flexibility index (Phi) is 3.92. The summed E-state index contributed by atoms with van der Waals surface area (Å²) < 4.78 is 11.8. The van der Waals surface area contributed by atoms with Gasteiger partial charge in [0.05, 0.1) is 17.2 Å². The normalized spacial score (nSPS) is 41.1. The number of benzene rings is 1. The first kappa shape index (κ1) is 16.8. The highest BCUT2D eigenvalue weighted by Gasteiger charge is 2.69. The summed E-state index contributed by atoms with van der Waals surface area (Å²) >= 11 is 1.84. The van der Waals surface area contributed by atoms with E-state index in [0.717, 1.165) is 18.4 Å². The number of hydrogen-bond acceptors (Lipinski definition) is 6. The van der Waals surface area contributed by atoms with Crippen LogP contribution in [-0.4, -0.2) is 45.6 Å². The second-order valence-electron chi connectivity index (χ2n) is 7.85. The number of rotatable bonds is 3. The summed E-state index contributed by atoms with van der Waals surface area (Å²) in [5.41, 5.74) is 0.516. The van der Waals surface area contributed by atoms with Gasteiger partial charge in [-0.15, -0.1) is 11.8 Å². The van der Waals surface area contributed by atoms with Crippen LogP contribution in [-0.2, 0) is 25.7 Å². The molecule has 6 heteroatoms. The molecule has 26 heavy (non-hydrogen) atoms. The minimum atomic E-state index is -0.462. The summed E-state index contributed by atoms with van der Waals surface area (Å²) in [5, 5.41) is 0.380. The molecular weight excluding hydrogens is 350 g/mol. The lowest BCUT2D eigenvalue weighted by Crippen LogP contribution is -2.54. The lowest BCUT2D eigenvalue weighted by atomic mass is 9.93. The predicted molar refractivity (Wildman–Crippen MR) is 97.2 cm³/mol. The molecule has 0 radical (unpaired) electrons. The fraction of sp³-hybridized carbons (Fsp3) is 0.600. The number of ether oxygens (including phenoxy) is 2. The largest absolute Gasteiger partial charge is 0.460 e. The SMILES string of the molecule is CC12OCCC1SC1C3C(=O)CCC3C(C(=O)OCc3ccccc3)N12. The molecule has 1 saturated carbocycles. The lowest BCUT2D eigenvalue weighted by Gasteiger charge is -2.37. The summed E-state index contributed by atoms with van der Waals surface area (Å²) in [6, 6.07) is 9.36. The van der Waals surface area contributed by atoms with E-state index in [9.17, 15) is 9.59 Å². The Morgan fingerprint density at radius 2 is 2.15 bits per heavy atom. The van der Waals surface area contributed by atoms with E-state index < -0.39 is 5.72 Å². The van der Waals surface area contributed by atoms with Crippen LogP contribution in [0.1, 0.15) is 31.7 Å². The number of ketones is 1. The third-order valence-electron chi connectivity index (χ3n) is 6.50. The van der Waals surface area contributed by atoms with Crippen LogP contribution >= 0.6 is 11.8 Å². The lowest BCUT2D eigenvalue weighted by molar-refractivity contribution is -0.165. The molecule has 5 nitrogen and oxygen atoms in total. The molecule has 0 aromatic heterocycles. The molecule has 1 aromatic carbocycles. The number of Topliss-reactive ketones (excluding diaryl/α,β-unsaturated/α-hetero) is 1. The van der Waals surface area contributed by atoms with Gasteiger partial charge in [0, 0.05) is 12.3 Å². The van der Waals surface area contributed by atoms with Crippen LogP contribution in [0, 0.1) is 11.8 Å². The van der Waals surface area contributed by atoms with E-state index in [1.54, 1.807) is 0 Å². The smallest absolute Gasteiger partial charge is 0.324 e. The van der Waals surface area contributed by atoms with Gasteiger partial charge in [0.1, 0.15) is 24.2 Å². The number of fused-ring (bicyclic) bond motifs is 5. The highest BCUT2D eigenvalue weighted by molar-refractivity contribution is 8.00. The van der Waals surface area contributed by atoms with Crippen molar-refractivity contribution in [2.24, 2.45) is 11.8 Å². The zero-order valence-corrected chi connectivity index (χ0v) is 15.6. The van der Waals surface area contributed by atoms with Gasteiger partial charge in [-0.05, 0) is 31.2 Å². The van der Waals surface area contributed by atoms with Crippen LogP contribution in [0.25, 0.3) is 0 Å². The molecule has 6 atom stereocenters. The van der Waals surface area contributed by atoms with E-state index in [2.05, 4.69) is 11.8 Å². The molecule has 3 saturated heterocycles. The Morgan fingerprint density at radius 3 is 2.96 bits per heavy atom. The fourth-order valence-electron chi connectivity index (χ4n) is 5.27. The van der Waals surface area contributed by atoms with Crippen LogP contribution in [0.4, 0.5) is 0 Å². The quantitative estimate of drug-likeness (QED) is 0.759. The zero-order chi connectivity index (χ0) is 17.9. The molecule has 0 bridgehead atoms. The molecule has 4 aliphatic rings. The van der Waals surface area contributed by atoms with Crippen molar-refractivity contribution in [3.8, 4) is 0 Å². The standard InChI is InChI=1S/C20H23NO4S/c1-20-15(9-10-25-20)26-18-16-13(7-8-14(16)22)17(21(18)20)19(23)24-11-12-5-3-2-4-6-12/h2-6,13,15-18H,7-11H2,1H3. The summed E-state index contributed by atoms with van der Waals surface area (Å²) in [4.78, 5) is 27.8. The molecule has 1 aromatic rings. The number of nitrogens with zero attached hydrogens (tertiary/aromatic N) is 1. The summed E-state index contributed by atoms with van der Waals surface area (Å²) in [7, 11) is 0. The molecule has 4 fully saturated rings. The zero-order valence-electron chi connectivity index (χ0n) is 14.8. The average Bonchev–Trinajstić information content (AvgIpc) is 3.33. The van der Waals surface area contributed by atoms with Crippen molar-refractivity contribution in [3.63, 3.8) is 0 Å². The molecule has 3 heterocycles. The minimum absolute atomic E-state index is 0.0552. The van der Waals surface area contributed by atoms with E-state index in [-0.39, 0.29) is 35.8 Å². The maximum absolute atomic E-state index is 13.1. The Bertz CT molecular complexity index is 741. The number of esters is 1. The summed E-state index contributed by atoms with van der Waals surface area (Å²) in [6.45, 7) is 3.07. The van der Waals surface area contributed by atoms with E-state index in [1.807, 2.05) is 42.1 Å². The predicted octanol–water partition coefficient (Wildman–Crippen LogP) is 2.59. The summed E-state index contributed by atoms with van der Waals surface area (Å²) in [5.74, 6) is 0.101. The van der Waals surface area contributed by atoms with Gasteiger partial charge in [0.15, 0.2) is 0 Å². The van der Waals surface area contributed by atoms with Gasteiger partial charge in [-0.3, -0.25) is 9.59 Å². The summed E-state index contributed by atoms with van der Waals surface area (Å²) in [6.07, 6.45) is 2.35. The van der Waals surface area contributed by atoms with Crippen molar-refractivity contribution in [2.45, 2.75) is 55.2 Å². The van der Waals surface area contributed by atoms with Crippen LogP contribution < -0.4 is 0 Å². The molecule has 0 N–H and O–H groups in total. The van der Waals surface area contributed by atoms with E-state index in [0.29, 0.717) is 24.1 Å². The molecule has 138 valence electrons. The van der Waals surface area contributed by atoms with Crippen molar-refractivity contribution in [2.75, 3.05) is 6.61 Å². The Labute approximate surface area is 157 Å². The number of carbonyl (C=O) groups is 2. The van der Waals surface area contributed by atoms with Gasteiger partial charge >= 0.3 is 5.97 Å². The van der Waals surface area contributed by atoms with Crippen molar-refractivity contribution < 1.29 is 19.1 Å². The second kappa shape index (κ2) is 6.08. The first-order valence-electron chi connectivity index (χ1n) is 9.41. The molecule has 6 unspecified atom stereocenters. The molecule has 1 aliphatic carbocycles. The number of carbonyl (C=O) groups excluding carboxylic acids is 2. The Morgan fingerprint density at radius 1 is 1.35 bits per heavy atom. The molecule has 0 amide bonds. The van der Waals surface area contributed by atoms with Gasteiger partial charge in [-0.2, -0.15) is 0 Å². The number of thioether (sulfide) groups is 1.